The van der Waals surface area contributed by atoms with Crippen LogP contribution in [0, 0.1) is 0 Å². The molecule has 0 unspecified atom stereocenters. The van der Waals surface area contributed by atoms with Crippen LogP contribution >= 0.6 is 0 Å². The number of benzene rings is 2. The second-order valence-corrected chi connectivity index (χ2v) is 5.73. The molecule has 126 valence electrons. The van der Waals surface area contributed by atoms with Crippen LogP contribution in [0.4, 0.5) is 0 Å². The van der Waals surface area contributed by atoms with E-state index in [1.165, 1.54) is 0 Å². The van der Waals surface area contributed by atoms with Crippen molar-refractivity contribution in [2.45, 2.75) is 39.0 Å². The molecule has 0 aromatic heterocycles. The minimum Gasteiger partial charge on any atom is -0.466 e. The molecule has 0 atom stereocenters. The average Bonchev–Trinajstić information content (AvgIpc) is 2.62. The van der Waals surface area contributed by atoms with Gasteiger partial charge in [0.15, 0.2) is 5.78 Å². The van der Waals surface area contributed by atoms with Gasteiger partial charge in [-0.1, -0.05) is 61.0 Å². The molecule has 0 saturated heterocycles. The zero-order chi connectivity index (χ0) is 17.2. The molecule has 2 rings (SSSR count). The van der Waals surface area contributed by atoms with Crippen LogP contribution in [0.15, 0.2) is 54.6 Å². The van der Waals surface area contributed by atoms with Crippen molar-refractivity contribution >= 4 is 11.8 Å². The third-order valence-electron chi connectivity index (χ3n) is 3.90. The molecule has 3 nitrogen and oxygen atoms in total. The Labute approximate surface area is 143 Å². The Kier molecular flexibility index (Phi) is 7.21. The Morgan fingerprint density at radius 1 is 0.792 bits per heavy atom. The minimum absolute atomic E-state index is 0.152. The van der Waals surface area contributed by atoms with Gasteiger partial charge in [-0.25, -0.2) is 0 Å². The molecule has 3 heteroatoms. The van der Waals surface area contributed by atoms with Gasteiger partial charge in [-0.3, -0.25) is 9.59 Å². The van der Waals surface area contributed by atoms with Gasteiger partial charge in [0.2, 0.25) is 0 Å². The van der Waals surface area contributed by atoms with Crippen LogP contribution in [0.5, 0.6) is 0 Å². The first kappa shape index (κ1) is 17.9. The van der Waals surface area contributed by atoms with E-state index >= 15 is 0 Å². The van der Waals surface area contributed by atoms with E-state index in [1.807, 2.05) is 42.5 Å². The maximum Gasteiger partial charge on any atom is 0.305 e. The Balaban J connectivity index is 1.76. The SMILES string of the molecule is CCOC(=O)CCCCCC(=O)c1ccc(-c2ccccc2)cc1. The number of hydrogen-bond acceptors (Lipinski definition) is 3. The summed E-state index contributed by atoms with van der Waals surface area (Å²) in [6.45, 7) is 2.23. The Morgan fingerprint density at radius 2 is 1.42 bits per heavy atom. The fraction of sp³-hybridized carbons (Fsp3) is 0.333. The second kappa shape index (κ2) is 9.66. The summed E-state index contributed by atoms with van der Waals surface area (Å²) in [5, 5.41) is 0. The highest BCUT2D eigenvalue weighted by Crippen LogP contribution is 2.20. The number of ketones is 1. The molecule has 0 aliphatic heterocycles. The molecule has 0 bridgehead atoms. The van der Waals surface area contributed by atoms with Crippen molar-refractivity contribution in [3.05, 3.63) is 60.2 Å². The zero-order valence-corrected chi connectivity index (χ0v) is 14.2. The van der Waals surface area contributed by atoms with Crippen LogP contribution < -0.4 is 0 Å². The van der Waals surface area contributed by atoms with Crippen LogP contribution in [0.3, 0.4) is 0 Å². The van der Waals surface area contributed by atoms with Gasteiger partial charge in [0.1, 0.15) is 0 Å². The van der Waals surface area contributed by atoms with E-state index < -0.39 is 0 Å². The van der Waals surface area contributed by atoms with Gasteiger partial charge in [-0.2, -0.15) is 0 Å². The van der Waals surface area contributed by atoms with E-state index in [9.17, 15) is 9.59 Å². The fourth-order valence-electron chi connectivity index (χ4n) is 2.59. The minimum atomic E-state index is -0.152. The topological polar surface area (TPSA) is 43.4 Å². The van der Waals surface area contributed by atoms with Crippen molar-refractivity contribution in [1.82, 2.24) is 0 Å². The molecule has 0 spiro atoms. The third-order valence-corrected chi connectivity index (χ3v) is 3.90. The molecule has 0 aliphatic rings. The van der Waals surface area contributed by atoms with E-state index in [1.54, 1.807) is 6.92 Å². The summed E-state index contributed by atoms with van der Waals surface area (Å²) < 4.78 is 4.88. The molecule has 0 radical (unpaired) electrons. The van der Waals surface area contributed by atoms with Gasteiger partial charge in [0, 0.05) is 18.4 Å². The molecular weight excluding hydrogens is 300 g/mol. The molecule has 0 aliphatic carbocycles. The molecule has 0 saturated carbocycles. The van der Waals surface area contributed by atoms with Gasteiger partial charge < -0.3 is 4.74 Å². The molecule has 0 N–H and O–H groups in total. The van der Waals surface area contributed by atoms with Gasteiger partial charge in [-0.05, 0) is 30.9 Å². The smallest absolute Gasteiger partial charge is 0.305 e. The van der Waals surface area contributed by atoms with Crippen molar-refractivity contribution in [2.75, 3.05) is 6.61 Å². The van der Waals surface area contributed by atoms with Gasteiger partial charge in [-0.15, -0.1) is 0 Å². The largest absolute Gasteiger partial charge is 0.466 e. The maximum atomic E-state index is 12.2. The summed E-state index contributed by atoms with van der Waals surface area (Å²) in [4.78, 5) is 23.4. The number of Topliss-reactive ketones (excluding diaryl/α,β-unsaturated/α-hetero) is 1. The number of carbonyl (C=O) groups is 2. The number of unbranched alkanes of at least 4 members (excludes halogenated alkanes) is 2. The Morgan fingerprint density at radius 3 is 2.08 bits per heavy atom. The number of carbonyl (C=O) groups excluding carboxylic acids is 2. The molecule has 2 aromatic carbocycles. The maximum absolute atomic E-state index is 12.2. The number of rotatable bonds is 9. The number of hydrogen-bond donors (Lipinski definition) is 0. The lowest BCUT2D eigenvalue weighted by atomic mass is 10.00. The molecule has 24 heavy (non-hydrogen) atoms. The molecule has 0 fully saturated rings. The zero-order valence-electron chi connectivity index (χ0n) is 14.2. The van der Waals surface area contributed by atoms with Crippen molar-refractivity contribution in [3.8, 4) is 11.1 Å². The van der Waals surface area contributed by atoms with Crippen molar-refractivity contribution in [3.63, 3.8) is 0 Å². The Hall–Kier alpha value is -2.42. The summed E-state index contributed by atoms with van der Waals surface area (Å²) in [5.41, 5.74) is 3.01. The van der Waals surface area contributed by atoms with Gasteiger partial charge >= 0.3 is 5.97 Å². The van der Waals surface area contributed by atoms with Gasteiger partial charge in [0.25, 0.3) is 0 Å². The summed E-state index contributed by atoms with van der Waals surface area (Å²) in [5.74, 6) is 0.00562. The van der Waals surface area contributed by atoms with Crippen molar-refractivity contribution in [2.24, 2.45) is 0 Å². The first-order chi connectivity index (χ1) is 11.7. The molecule has 0 amide bonds. The van der Waals surface area contributed by atoms with Gasteiger partial charge in [0.05, 0.1) is 6.61 Å². The molecule has 2 aromatic rings. The van der Waals surface area contributed by atoms with Crippen LogP contribution in [-0.2, 0) is 9.53 Å². The van der Waals surface area contributed by atoms with Crippen LogP contribution in [-0.4, -0.2) is 18.4 Å². The quantitative estimate of drug-likeness (QED) is 0.368. The highest BCUT2D eigenvalue weighted by molar-refractivity contribution is 5.96. The van der Waals surface area contributed by atoms with Crippen LogP contribution in [0.1, 0.15) is 49.4 Å². The fourth-order valence-corrected chi connectivity index (χ4v) is 2.59. The van der Waals surface area contributed by atoms with E-state index in [0.29, 0.717) is 19.4 Å². The summed E-state index contributed by atoms with van der Waals surface area (Å²) in [6.07, 6.45) is 3.41. The highest BCUT2D eigenvalue weighted by atomic mass is 16.5. The number of esters is 1. The van der Waals surface area contributed by atoms with E-state index in [0.717, 1.165) is 36.0 Å². The number of ether oxygens (including phenoxy) is 1. The van der Waals surface area contributed by atoms with E-state index in [4.69, 9.17) is 4.74 Å². The predicted molar refractivity (Wildman–Crippen MR) is 95.9 cm³/mol. The standard InChI is InChI=1S/C21H24O3/c1-2-24-21(23)12-8-4-7-11-20(22)19-15-13-18(14-16-19)17-9-5-3-6-10-17/h3,5-6,9-10,13-16H,2,4,7-8,11-12H2,1H3. The second-order valence-electron chi connectivity index (χ2n) is 5.73. The Bertz CT molecular complexity index is 645. The van der Waals surface area contributed by atoms with Crippen molar-refractivity contribution in [1.29, 1.82) is 0 Å². The van der Waals surface area contributed by atoms with E-state index in [-0.39, 0.29) is 11.8 Å². The van der Waals surface area contributed by atoms with Crippen LogP contribution in [0.25, 0.3) is 11.1 Å². The average molecular weight is 324 g/mol. The van der Waals surface area contributed by atoms with E-state index in [2.05, 4.69) is 12.1 Å². The lowest BCUT2D eigenvalue weighted by Crippen LogP contribution is -2.03. The third kappa shape index (κ3) is 5.65. The monoisotopic (exact) mass is 324 g/mol. The lowest BCUT2D eigenvalue weighted by Gasteiger charge is -2.05. The van der Waals surface area contributed by atoms with Crippen LogP contribution in [0.2, 0.25) is 0 Å². The van der Waals surface area contributed by atoms with Crippen molar-refractivity contribution < 1.29 is 14.3 Å². The highest BCUT2D eigenvalue weighted by Gasteiger charge is 2.07. The lowest BCUT2D eigenvalue weighted by molar-refractivity contribution is -0.143. The summed E-state index contributed by atoms with van der Waals surface area (Å²) in [6, 6.07) is 17.9. The first-order valence-corrected chi connectivity index (χ1v) is 8.55. The first-order valence-electron chi connectivity index (χ1n) is 8.55. The summed E-state index contributed by atoms with van der Waals surface area (Å²) >= 11 is 0. The predicted octanol–water partition coefficient (Wildman–Crippen LogP) is 5.05. The normalized spacial score (nSPS) is 10.4. The summed E-state index contributed by atoms with van der Waals surface area (Å²) in [7, 11) is 0. The molecular formula is C21H24O3. The molecule has 0 heterocycles.